The molecule has 0 saturated heterocycles. The molecular formula is C15H15N5OS. The number of nitrogens with one attached hydrogen (secondary N) is 2. The van der Waals surface area contributed by atoms with Gasteiger partial charge in [0.05, 0.1) is 11.1 Å². The predicted molar refractivity (Wildman–Crippen MR) is 88.1 cm³/mol. The second-order valence-electron chi connectivity index (χ2n) is 4.69. The van der Waals surface area contributed by atoms with Crippen LogP contribution in [0.1, 0.15) is 11.8 Å². The van der Waals surface area contributed by atoms with Crippen LogP contribution in [0.25, 0.3) is 21.7 Å². The Kier molecular flexibility index (Phi) is 3.97. The second-order valence-corrected chi connectivity index (χ2v) is 5.98. The number of pyridine rings is 1. The van der Waals surface area contributed by atoms with Gasteiger partial charge in [-0.25, -0.2) is 14.8 Å². The van der Waals surface area contributed by atoms with Gasteiger partial charge in [0.15, 0.2) is 5.65 Å². The van der Waals surface area contributed by atoms with Crippen LogP contribution in [0.2, 0.25) is 0 Å². The highest BCUT2D eigenvalue weighted by molar-refractivity contribution is 7.15. The molecule has 0 aliphatic heterocycles. The molecule has 0 bridgehead atoms. The lowest BCUT2D eigenvalue weighted by atomic mass is 10.3. The summed E-state index contributed by atoms with van der Waals surface area (Å²) >= 11 is 1.66. The van der Waals surface area contributed by atoms with E-state index in [1.807, 2.05) is 19.1 Å². The Morgan fingerprint density at radius 2 is 2.09 bits per heavy atom. The number of amides is 2. The van der Waals surface area contributed by atoms with Gasteiger partial charge in [-0.15, -0.1) is 11.3 Å². The summed E-state index contributed by atoms with van der Waals surface area (Å²) in [7, 11) is 0. The van der Waals surface area contributed by atoms with E-state index in [0.29, 0.717) is 23.5 Å². The maximum atomic E-state index is 11.5. The first-order valence-electron chi connectivity index (χ1n) is 6.91. The first-order chi connectivity index (χ1) is 10.7. The molecule has 3 aromatic rings. The van der Waals surface area contributed by atoms with Crippen molar-refractivity contribution in [3.05, 3.63) is 35.3 Å². The lowest BCUT2D eigenvalue weighted by molar-refractivity contribution is 0.252. The van der Waals surface area contributed by atoms with E-state index in [4.69, 9.17) is 0 Å². The third-order valence-electron chi connectivity index (χ3n) is 2.98. The summed E-state index contributed by atoms with van der Waals surface area (Å²) in [6.45, 7) is 4.46. The molecule has 0 unspecified atom stereocenters. The summed E-state index contributed by atoms with van der Waals surface area (Å²) in [5.41, 5.74) is 1.99. The quantitative estimate of drug-likeness (QED) is 0.778. The van der Waals surface area contributed by atoms with E-state index in [0.717, 1.165) is 10.6 Å². The number of nitrogens with zero attached hydrogens (tertiary/aromatic N) is 3. The standard InChI is InChI=1S/C15H15N5OS/c1-3-16-15(21)20-13-7-5-10-14(19-13)18-11(8-17-10)12-6-4-9(2)22-12/h4-8H,3H2,1-2H3,(H2,16,18,19,20,21). The molecule has 0 saturated carbocycles. The zero-order valence-corrected chi connectivity index (χ0v) is 13.1. The lowest BCUT2D eigenvalue weighted by Gasteiger charge is -2.06. The molecule has 22 heavy (non-hydrogen) atoms. The average molecular weight is 313 g/mol. The number of hydrogen-bond donors (Lipinski definition) is 2. The predicted octanol–water partition coefficient (Wildman–Crippen LogP) is 3.20. The second kappa shape index (κ2) is 6.07. The van der Waals surface area contributed by atoms with Crippen LogP contribution in [-0.4, -0.2) is 27.5 Å². The molecule has 0 aliphatic carbocycles. The third-order valence-corrected chi connectivity index (χ3v) is 4.00. The molecule has 6 nitrogen and oxygen atoms in total. The first kappa shape index (κ1) is 14.4. The van der Waals surface area contributed by atoms with Crippen LogP contribution in [0.3, 0.4) is 0 Å². The van der Waals surface area contributed by atoms with E-state index in [1.165, 1.54) is 4.88 Å². The molecule has 112 valence electrons. The molecule has 0 fully saturated rings. The molecule has 3 rings (SSSR count). The Morgan fingerprint density at radius 1 is 1.23 bits per heavy atom. The van der Waals surface area contributed by atoms with Crippen molar-refractivity contribution in [2.45, 2.75) is 13.8 Å². The minimum atomic E-state index is -0.285. The fourth-order valence-corrected chi connectivity index (χ4v) is 2.80. The van der Waals surface area contributed by atoms with Gasteiger partial charge in [0.1, 0.15) is 17.0 Å². The SMILES string of the molecule is CCNC(=O)Nc1ccc2ncc(-c3ccc(C)s3)nc2n1. The van der Waals surface area contributed by atoms with Gasteiger partial charge in [-0.05, 0) is 38.1 Å². The Hall–Kier alpha value is -2.54. The minimum Gasteiger partial charge on any atom is -0.338 e. The number of aromatic nitrogens is 3. The molecule has 3 aromatic heterocycles. The normalized spacial score (nSPS) is 10.6. The van der Waals surface area contributed by atoms with Crippen molar-refractivity contribution in [1.29, 1.82) is 0 Å². The number of hydrogen-bond acceptors (Lipinski definition) is 5. The Labute approximate surface area is 131 Å². The maximum Gasteiger partial charge on any atom is 0.320 e. The van der Waals surface area contributed by atoms with Crippen LogP contribution >= 0.6 is 11.3 Å². The van der Waals surface area contributed by atoms with Gasteiger partial charge in [0.2, 0.25) is 0 Å². The molecule has 0 spiro atoms. The van der Waals surface area contributed by atoms with E-state index < -0.39 is 0 Å². The van der Waals surface area contributed by atoms with E-state index >= 15 is 0 Å². The van der Waals surface area contributed by atoms with Crippen LogP contribution in [0.4, 0.5) is 10.6 Å². The van der Waals surface area contributed by atoms with Crippen LogP contribution < -0.4 is 10.6 Å². The van der Waals surface area contributed by atoms with E-state index in [2.05, 4.69) is 32.5 Å². The van der Waals surface area contributed by atoms with Crippen LogP contribution in [-0.2, 0) is 0 Å². The number of aryl methyl sites for hydroxylation is 1. The van der Waals surface area contributed by atoms with E-state index in [-0.39, 0.29) is 6.03 Å². The van der Waals surface area contributed by atoms with E-state index in [9.17, 15) is 4.79 Å². The Bertz CT molecular complexity index is 830. The van der Waals surface area contributed by atoms with Gasteiger partial charge in [-0.3, -0.25) is 10.3 Å². The van der Waals surface area contributed by atoms with Gasteiger partial charge >= 0.3 is 6.03 Å². The highest BCUT2D eigenvalue weighted by Gasteiger charge is 2.08. The maximum absolute atomic E-state index is 11.5. The topological polar surface area (TPSA) is 79.8 Å². The highest BCUT2D eigenvalue weighted by atomic mass is 32.1. The van der Waals surface area contributed by atoms with Gasteiger partial charge in [-0.1, -0.05) is 0 Å². The van der Waals surface area contributed by atoms with Crippen molar-refractivity contribution in [2.75, 3.05) is 11.9 Å². The molecule has 2 amide bonds. The van der Waals surface area contributed by atoms with Crippen molar-refractivity contribution < 1.29 is 4.79 Å². The van der Waals surface area contributed by atoms with Gasteiger partial charge in [0.25, 0.3) is 0 Å². The zero-order chi connectivity index (χ0) is 15.5. The largest absolute Gasteiger partial charge is 0.338 e. The fraction of sp³-hybridized carbons (Fsp3) is 0.200. The highest BCUT2D eigenvalue weighted by Crippen LogP contribution is 2.26. The number of anilines is 1. The van der Waals surface area contributed by atoms with Gasteiger partial charge in [0, 0.05) is 11.4 Å². The first-order valence-corrected chi connectivity index (χ1v) is 7.73. The number of thiophene rings is 1. The smallest absolute Gasteiger partial charge is 0.320 e. The fourth-order valence-electron chi connectivity index (χ4n) is 1.98. The summed E-state index contributed by atoms with van der Waals surface area (Å²) in [6.07, 6.45) is 1.74. The van der Waals surface area contributed by atoms with E-state index in [1.54, 1.807) is 29.7 Å². The Balaban J connectivity index is 1.94. The summed E-state index contributed by atoms with van der Waals surface area (Å²) in [5.74, 6) is 0.451. The number of fused-ring (bicyclic) bond motifs is 1. The van der Waals surface area contributed by atoms with Crippen molar-refractivity contribution in [2.24, 2.45) is 0 Å². The number of rotatable bonds is 3. The monoisotopic (exact) mass is 313 g/mol. The number of carbonyl (C=O) groups is 1. The molecule has 7 heteroatoms. The molecule has 0 aromatic carbocycles. The summed E-state index contributed by atoms with van der Waals surface area (Å²) in [4.78, 5) is 27.1. The van der Waals surface area contributed by atoms with Crippen molar-refractivity contribution >= 4 is 34.3 Å². The van der Waals surface area contributed by atoms with Crippen molar-refractivity contribution in [3.63, 3.8) is 0 Å². The number of urea groups is 1. The molecule has 2 N–H and O–H groups in total. The molecule has 0 aliphatic rings. The molecule has 3 heterocycles. The van der Waals surface area contributed by atoms with Crippen LogP contribution in [0, 0.1) is 6.92 Å². The summed E-state index contributed by atoms with van der Waals surface area (Å²) in [6, 6.07) is 7.29. The van der Waals surface area contributed by atoms with Crippen molar-refractivity contribution in [3.8, 4) is 10.6 Å². The Morgan fingerprint density at radius 3 is 2.82 bits per heavy atom. The lowest BCUT2D eigenvalue weighted by Crippen LogP contribution is -2.28. The van der Waals surface area contributed by atoms with Gasteiger partial charge < -0.3 is 5.32 Å². The summed E-state index contributed by atoms with van der Waals surface area (Å²) in [5, 5.41) is 5.33. The molecule has 0 radical (unpaired) electrons. The van der Waals surface area contributed by atoms with Crippen LogP contribution in [0.5, 0.6) is 0 Å². The number of carbonyl (C=O) groups excluding carboxylic acids is 1. The van der Waals surface area contributed by atoms with Gasteiger partial charge in [-0.2, -0.15) is 0 Å². The molecular weight excluding hydrogens is 298 g/mol. The minimum absolute atomic E-state index is 0.285. The van der Waals surface area contributed by atoms with Crippen LogP contribution in [0.15, 0.2) is 30.5 Å². The average Bonchev–Trinajstić information content (AvgIpc) is 2.93. The zero-order valence-electron chi connectivity index (χ0n) is 12.3. The summed E-state index contributed by atoms with van der Waals surface area (Å²) < 4.78 is 0. The third kappa shape index (κ3) is 3.04. The molecule has 0 atom stereocenters. The van der Waals surface area contributed by atoms with Crippen molar-refractivity contribution in [1.82, 2.24) is 20.3 Å².